The van der Waals surface area contributed by atoms with Gasteiger partial charge in [-0.15, -0.1) is 15.7 Å². The van der Waals surface area contributed by atoms with Crippen LogP contribution in [0.4, 0.5) is 0 Å². The van der Waals surface area contributed by atoms with Crippen molar-refractivity contribution in [1.82, 2.24) is 9.88 Å². The first-order valence-corrected chi connectivity index (χ1v) is 11.6. The van der Waals surface area contributed by atoms with E-state index in [1.807, 2.05) is 36.4 Å². The summed E-state index contributed by atoms with van der Waals surface area (Å²) in [6.07, 6.45) is 1.67. The van der Waals surface area contributed by atoms with Crippen molar-refractivity contribution in [3.05, 3.63) is 64.5 Å². The van der Waals surface area contributed by atoms with Gasteiger partial charge in [-0.3, -0.25) is 9.69 Å². The van der Waals surface area contributed by atoms with E-state index in [1.54, 1.807) is 24.4 Å². The monoisotopic (exact) mass is 429 g/mol. The van der Waals surface area contributed by atoms with Crippen molar-refractivity contribution >= 4 is 61.2 Å². The number of amidine groups is 1. The molecular formula is C19H15N3O3S3. The molecule has 0 saturated carbocycles. The van der Waals surface area contributed by atoms with Gasteiger partial charge in [-0.1, -0.05) is 30.3 Å². The molecule has 0 bridgehead atoms. The Hall–Kier alpha value is -2.49. The van der Waals surface area contributed by atoms with Gasteiger partial charge in [0, 0.05) is 11.9 Å². The molecule has 1 aromatic carbocycles. The Morgan fingerprint density at radius 3 is 2.71 bits per heavy atom. The Morgan fingerprint density at radius 1 is 1.14 bits per heavy atom. The van der Waals surface area contributed by atoms with Crippen molar-refractivity contribution in [3.8, 4) is 0 Å². The van der Waals surface area contributed by atoms with Crippen LogP contribution in [0.1, 0.15) is 12.6 Å². The van der Waals surface area contributed by atoms with Gasteiger partial charge in [-0.25, -0.2) is 4.98 Å². The molecule has 6 nitrogen and oxygen atoms in total. The minimum Gasteiger partial charge on any atom is -0.286 e. The van der Waals surface area contributed by atoms with Crippen LogP contribution in [-0.2, 0) is 14.8 Å². The largest absolute Gasteiger partial charge is 0.294 e. The van der Waals surface area contributed by atoms with Gasteiger partial charge in [0.05, 0.1) is 16.1 Å². The highest BCUT2D eigenvalue weighted by atomic mass is 32.2. The van der Waals surface area contributed by atoms with Gasteiger partial charge in [-0.2, -0.15) is 8.42 Å². The van der Waals surface area contributed by atoms with Gasteiger partial charge in [-0.05, 0) is 48.3 Å². The van der Waals surface area contributed by atoms with E-state index >= 15 is 0 Å². The summed E-state index contributed by atoms with van der Waals surface area (Å²) in [5, 5.41) is 2.84. The van der Waals surface area contributed by atoms with Crippen LogP contribution in [0.5, 0.6) is 0 Å². The number of para-hydroxylation sites is 1. The SMILES string of the molecule is CCN1C(=O)C(=Cc2ccc3ccccc3n2)SC1=NS(=O)(=O)c1cccs1. The average Bonchev–Trinajstić information content (AvgIpc) is 3.31. The van der Waals surface area contributed by atoms with Crippen LogP contribution in [0.15, 0.2) is 67.4 Å². The number of carbonyl (C=O) groups is 1. The van der Waals surface area contributed by atoms with Gasteiger partial charge in [0.1, 0.15) is 4.21 Å². The van der Waals surface area contributed by atoms with Crippen molar-refractivity contribution in [2.24, 2.45) is 4.40 Å². The number of amides is 1. The lowest BCUT2D eigenvalue weighted by Crippen LogP contribution is -2.29. The fourth-order valence-electron chi connectivity index (χ4n) is 2.71. The maximum Gasteiger partial charge on any atom is 0.294 e. The maximum absolute atomic E-state index is 12.7. The summed E-state index contributed by atoms with van der Waals surface area (Å²) in [4.78, 5) is 19.0. The highest BCUT2D eigenvalue weighted by molar-refractivity contribution is 8.19. The zero-order valence-electron chi connectivity index (χ0n) is 14.8. The predicted molar refractivity (Wildman–Crippen MR) is 114 cm³/mol. The van der Waals surface area contributed by atoms with Crippen LogP contribution in [0, 0.1) is 0 Å². The third kappa shape index (κ3) is 3.60. The van der Waals surface area contributed by atoms with Gasteiger partial charge >= 0.3 is 0 Å². The quantitative estimate of drug-likeness (QED) is 0.586. The molecule has 0 aliphatic carbocycles. The molecule has 0 atom stereocenters. The van der Waals surface area contributed by atoms with Crippen LogP contribution in [0.25, 0.3) is 17.0 Å². The summed E-state index contributed by atoms with van der Waals surface area (Å²) in [5.41, 5.74) is 1.46. The number of aromatic nitrogens is 1. The second-order valence-corrected chi connectivity index (χ2v) is 9.66. The number of benzene rings is 1. The van der Waals surface area contributed by atoms with Gasteiger partial charge in [0.2, 0.25) is 0 Å². The third-order valence-electron chi connectivity index (χ3n) is 4.05. The van der Waals surface area contributed by atoms with E-state index in [2.05, 4.69) is 9.38 Å². The summed E-state index contributed by atoms with van der Waals surface area (Å²) in [6.45, 7) is 2.11. The fourth-order valence-corrected chi connectivity index (χ4v) is 5.91. The zero-order valence-corrected chi connectivity index (χ0v) is 17.2. The molecule has 28 heavy (non-hydrogen) atoms. The lowest BCUT2D eigenvalue weighted by molar-refractivity contribution is -0.122. The first-order chi connectivity index (χ1) is 13.5. The van der Waals surface area contributed by atoms with E-state index in [-0.39, 0.29) is 15.3 Å². The molecule has 0 unspecified atom stereocenters. The Kier molecular flexibility index (Phi) is 5.05. The molecule has 0 N–H and O–H groups in total. The molecule has 142 valence electrons. The van der Waals surface area contributed by atoms with E-state index in [4.69, 9.17) is 0 Å². The summed E-state index contributed by atoms with van der Waals surface area (Å²) < 4.78 is 29.0. The molecular weight excluding hydrogens is 414 g/mol. The molecule has 3 aromatic rings. The smallest absolute Gasteiger partial charge is 0.286 e. The number of likely N-dealkylation sites (N-methyl/N-ethyl adjacent to an activating group) is 1. The van der Waals surface area contributed by atoms with E-state index < -0.39 is 10.0 Å². The minimum absolute atomic E-state index is 0.151. The van der Waals surface area contributed by atoms with Crippen LogP contribution < -0.4 is 0 Å². The van der Waals surface area contributed by atoms with Crippen LogP contribution in [0.3, 0.4) is 0 Å². The second kappa shape index (κ2) is 7.50. The number of nitrogens with zero attached hydrogens (tertiary/aromatic N) is 3. The highest BCUT2D eigenvalue weighted by Crippen LogP contribution is 2.34. The summed E-state index contributed by atoms with van der Waals surface area (Å²) in [7, 11) is -3.84. The Bertz CT molecular complexity index is 1220. The van der Waals surface area contributed by atoms with Gasteiger partial charge in [0.25, 0.3) is 15.9 Å². The molecule has 1 saturated heterocycles. The minimum atomic E-state index is -3.84. The van der Waals surface area contributed by atoms with Crippen molar-refractivity contribution < 1.29 is 13.2 Å². The summed E-state index contributed by atoms with van der Waals surface area (Å²) in [5.74, 6) is -0.275. The zero-order chi connectivity index (χ0) is 19.7. The number of fused-ring (bicyclic) bond motifs is 1. The number of rotatable bonds is 4. The second-order valence-electron chi connectivity index (χ2n) is 5.87. The number of thiophene rings is 1. The summed E-state index contributed by atoms with van der Waals surface area (Å²) in [6, 6.07) is 14.6. The first-order valence-electron chi connectivity index (χ1n) is 8.43. The molecule has 4 rings (SSSR count). The fraction of sp³-hybridized carbons (Fsp3) is 0.105. The molecule has 9 heteroatoms. The molecule has 0 spiro atoms. The normalized spacial score (nSPS) is 17.9. The standard InChI is InChI=1S/C19H15N3O3S3/c1-2-22-18(23)16(12-14-10-9-13-6-3-4-7-15(13)20-14)27-19(22)21-28(24,25)17-8-5-11-26-17/h3-12H,2H2,1H3. The molecule has 1 aliphatic rings. The van der Waals surface area contributed by atoms with E-state index in [1.165, 1.54) is 11.0 Å². The third-order valence-corrected chi connectivity index (χ3v) is 7.81. The predicted octanol–water partition coefficient (Wildman–Crippen LogP) is 3.98. The molecule has 3 heterocycles. The van der Waals surface area contributed by atoms with Crippen molar-refractivity contribution in [3.63, 3.8) is 0 Å². The lowest BCUT2D eigenvalue weighted by atomic mass is 10.2. The molecule has 2 aromatic heterocycles. The first kappa shape index (κ1) is 18.9. The molecule has 1 amide bonds. The molecule has 0 radical (unpaired) electrons. The number of hydrogen-bond donors (Lipinski definition) is 0. The lowest BCUT2D eigenvalue weighted by Gasteiger charge is -2.11. The number of carbonyl (C=O) groups excluding carboxylic acids is 1. The Balaban J connectivity index is 1.70. The number of pyridine rings is 1. The topological polar surface area (TPSA) is 79.7 Å². The van der Waals surface area contributed by atoms with E-state index in [0.717, 1.165) is 34.0 Å². The Morgan fingerprint density at radius 2 is 1.96 bits per heavy atom. The highest BCUT2D eigenvalue weighted by Gasteiger charge is 2.34. The number of thioether (sulfide) groups is 1. The number of hydrogen-bond acceptors (Lipinski definition) is 6. The number of sulfonamides is 1. The van der Waals surface area contributed by atoms with E-state index in [9.17, 15) is 13.2 Å². The average molecular weight is 430 g/mol. The Labute approximate surface area is 170 Å². The van der Waals surface area contributed by atoms with Gasteiger partial charge in [0.15, 0.2) is 5.17 Å². The van der Waals surface area contributed by atoms with Crippen LogP contribution in [-0.4, -0.2) is 35.9 Å². The summed E-state index contributed by atoms with van der Waals surface area (Å²) >= 11 is 2.14. The van der Waals surface area contributed by atoms with Crippen molar-refractivity contribution in [2.75, 3.05) is 6.54 Å². The van der Waals surface area contributed by atoms with Crippen molar-refractivity contribution in [2.45, 2.75) is 11.1 Å². The maximum atomic E-state index is 12.7. The molecule has 1 fully saturated rings. The van der Waals surface area contributed by atoms with Crippen molar-refractivity contribution in [1.29, 1.82) is 0 Å². The van der Waals surface area contributed by atoms with E-state index in [0.29, 0.717) is 17.1 Å². The van der Waals surface area contributed by atoms with Gasteiger partial charge < -0.3 is 0 Å². The van der Waals surface area contributed by atoms with Crippen LogP contribution in [0.2, 0.25) is 0 Å². The molecule has 1 aliphatic heterocycles. The van der Waals surface area contributed by atoms with Crippen LogP contribution >= 0.6 is 23.1 Å².